The topological polar surface area (TPSA) is 99.3 Å². The number of hydrogen-bond acceptors (Lipinski definition) is 3. The third kappa shape index (κ3) is 6.43. The number of carbonyl (C=O) groups is 3. The van der Waals surface area contributed by atoms with Gasteiger partial charge < -0.3 is 21.3 Å². The molecule has 0 aromatic heterocycles. The Bertz CT molecular complexity index is 837. The summed E-state index contributed by atoms with van der Waals surface area (Å²) in [6.45, 7) is 3.70. The summed E-state index contributed by atoms with van der Waals surface area (Å²) >= 11 is 0. The van der Waals surface area contributed by atoms with Crippen LogP contribution < -0.4 is 21.3 Å². The van der Waals surface area contributed by atoms with Crippen LogP contribution in [0.15, 0.2) is 42.5 Å². The van der Waals surface area contributed by atoms with E-state index in [-0.39, 0.29) is 11.8 Å². The second kappa shape index (κ2) is 9.33. The molecular weight excluding hydrogens is 351 g/mol. The van der Waals surface area contributed by atoms with Crippen LogP contribution >= 0.6 is 0 Å². The highest BCUT2D eigenvalue weighted by molar-refractivity contribution is 6.00. The molecule has 0 radical (unpaired) electrons. The van der Waals surface area contributed by atoms with Gasteiger partial charge in [-0.3, -0.25) is 9.59 Å². The second-order valence-corrected chi connectivity index (χ2v) is 5.86. The molecule has 0 unspecified atom stereocenters. The zero-order valence-electron chi connectivity index (χ0n) is 15.1. The summed E-state index contributed by atoms with van der Waals surface area (Å²) in [4.78, 5) is 34.7. The fourth-order valence-corrected chi connectivity index (χ4v) is 2.19. The molecule has 142 valence electrons. The van der Waals surface area contributed by atoms with Crippen LogP contribution in [0.2, 0.25) is 0 Å². The number of anilines is 2. The van der Waals surface area contributed by atoms with Crippen molar-refractivity contribution in [2.24, 2.45) is 0 Å². The molecule has 2 aromatic carbocycles. The third-order valence-electron chi connectivity index (χ3n) is 3.62. The van der Waals surface area contributed by atoms with Gasteiger partial charge in [0, 0.05) is 37.0 Å². The Balaban J connectivity index is 1.85. The van der Waals surface area contributed by atoms with Gasteiger partial charge in [0.1, 0.15) is 5.82 Å². The first kappa shape index (κ1) is 19.9. The standard InChI is InChI=1S/C19H21FN4O3/c1-12-3-6-16(11-17(12)20)24-19(27)23-15-7-4-14(5-8-15)18(26)22-10-9-21-13(2)25/h3-8,11H,9-10H2,1-2H3,(H,21,25)(H,22,26)(H2,23,24,27). The molecule has 0 atom stereocenters. The first-order valence-electron chi connectivity index (χ1n) is 8.32. The quantitative estimate of drug-likeness (QED) is 0.587. The van der Waals surface area contributed by atoms with Gasteiger partial charge in [0.25, 0.3) is 5.91 Å². The Hall–Kier alpha value is -3.42. The molecule has 0 fully saturated rings. The van der Waals surface area contributed by atoms with E-state index < -0.39 is 11.8 Å². The number of hydrogen-bond donors (Lipinski definition) is 4. The molecule has 27 heavy (non-hydrogen) atoms. The van der Waals surface area contributed by atoms with E-state index in [9.17, 15) is 18.8 Å². The highest BCUT2D eigenvalue weighted by Crippen LogP contribution is 2.15. The fraction of sp³-hybridized carbons (Fsp3) is 0.211. The van der Waals surface area contributed by atoms with Crippen LogP contribution in [-0.4, -0.2) is 30.9 Å². The molecule has 0 saturated heterocycles. The monoisotopic (exact) mass is 372 g/mol. The summed E-state index contributed by atoms with van der Waals surface area (Å²) < 4.78 is 13.5. The minimum absolute atomic E-state index is 0.161. The molecule has 0 heterocycles. The Morgan fingerprint density at radius 1 is 0.889 bits per heavy atom. The van der Waals surface area contributed by atoms with E-state index in [2.05, 4.69) is 21.3 Å². The van der Waals surface area contributed by atoms with Crippen LogP contribution in [0.25, 0.3) is 0 Å². The lowest BCUT2D eigenvalue weighted by molar-refractivity contribution is -0.118. The Morgan fingerprint density at radius 3 is 2.11 bits per heavy atom. The third-order valence-corrected chi connectivity index (χ3v) is 3.62. The number of amides is 4. The zero-order chi connectivity index (χ0) is 19.8. The van der Waals surface area contributed by atoms with Gasteiger partial charge in [-0.25, -0.2) is 9.18 Å². The van der Waals surface area contributed by atoms with Crippen molar-refractivity contribution in [1.82, 2.24) is 10.6 Å². The normalized spacial score (nSPS) is 10.0. The molecule has 2 rings (SSSR count). The molecule has 0 bridgehead atoms. The van der Waals surface area contributed by atoms with E-state index in [1.165, 1.54) is 13.0 Å². The van der Waals surface area contributed by atoms with Crippen LogP contribution in [0, 0.1) is 12.7 Å². The fourth-order valence-electron chi connectivity index (χ4n) is 2.19. The first-order valence-corrected chi connectivity index (χ1v) is 8.32. The van der Waals surface area contributed by atoms with Gasteiger partial charge in [0.2, 0.25) is 5.91 Å². The lowest BCUT2D eigenvalue weighted by atomic mass is 10.2. The number of carbonyl (C=O) groups excluding carboxylic acids is 3. The molecule has 4 N–H and O–H groups in total. The van der Waals surface area contributed by atoms with Gasteiger partial charge in [0.05, 0.1) is 0 Å². The number of halogens is 1. The van der Waals surface area contributed by atoms with E-state index in [4.69, 9.17) is 0 Å². The minimum Gasteiger partial charge on any atom is -0.355 e. The molecule has 0 saturated carbocycles. The molecular formula is C19H21FN4O3. The van der Waals surface area contributed by atoms with E-state index in [1.807, 2.05) is 0 Å². The highest BCUT2D eigenvalue weighted by atomic mass is 19.1. The van der Waals surface area contributed by atoms with Crippen molar-refractivity contribution in [1.29, 1.82) is 0 Å². The summed E-state index contributed by atoms with van der Waals surface area (Å²) in [5, 5.41) is 10.4. The highest BCUT2D eigenvalue weighted by Gasteiger charge is 2.07. The molecule has 8 heteroatoms. The van der Waals surface area contributed by atoms with Crippen LogP contribution in [-0.2, 0) is 4.79 Å². The van der Waals surface area contributed by atoms with Crippen molar-refractivity contribution in [3.63, 3.8) is 0 Å². The second-order valence-electron chi connectivity index (χ2n) is 5.86. The maximum Gasteiger partial charge on any atom is 0.323 e. The Kier molecular flexibility index (Phi) is 6.87. The van der Waals surface area contributed by atoms with Crippen LogP contribution in [0.4, 0.5) is 20.6 Å². The molecule has 7 nitrogen and oxygen atoms in total. The molecule has 4 amide bonds. The van der Waals surface area contributed by atoms with Crippen molar-refractivity contribution < 1.29 is 18.8 Å². The molecule has 0 aliphatic carbocycles. The lowest BCUT2D eigenvalue weighted by Crippen LogP contribution is -2.33. The van der Waals surface area contributed by atoms with Crippen molar-refractivity contribution in [2.45, 2.75) is 13.8 Å². The molecule has 2 aromatic rings. The van der Waals surface area contributed by atoms with E-state index >= 15 is 0 Å². The molecule has 0 spiro atoms. The van der Waals surface area contributed by atoms with Crippen molar-refractivity contribution in [3.05, 3.63) is 59.4 Å². The summed E-state index contributed by atoms with van der Waals surface area (Å²) in [6.07, 6.45) is 0. The van der Waals surface area contributed by atoms with E-state index in [0.29, 0.717) is 35.6 Å². The average molecular weight is 372 g/mol. The summed E-state index contributed by atoms with van der Waals surface area (Å²) in [7, 11) is 0. The molecule has 0 aliphatic heterocycles. The largest absolute Gasteiger partial charge is 0.355 e. The number of rotatable bonds is 6. The van der Waals surface area contributed by atoms with Crippen LogP contribution in [0.3, 0.4) is 0 Å². The zero-order valence-corrected chi connectivity index (χ0v) is 15.1. The lowest BCUT2D eigenvalue weighted by Gasteiger charge is -2.09. The average Bonchev–Trinajstić information content (AvgIpc) is 2.62. The van der Waals surface area contributed by atoms with E-state index in [1.54, 1.807) is 43.3 Å². The first-order chi connectivity index (χ1) is 12.8. The predicted molar refractivity (Wildman–Crippen MR) is 101 cm³/mol. The maximum absolute atomic E-state index is 13.5. The van der Waals surface area contributed by atoms with Gasteiger partial charge in [-0.1, -0.05) is 6.07 Å². The van der Waals surface area contributed by atoms with Crippen LogP contribution in [0.5, 0.6) is 0 Å². The smallest absolute Gasteiger partial charge is 0.323 e. The summed E-state index contributed by atoms with van der Waals surface area (Å²) in [5.74, 6) is -0.848. The Morgan fingerprint density at radius 2 is 1.48 bits per heavy atom. The van der Waals surface area contributed by atoms with Gasteiger partial charge in [0.15, 0.2) is 0 Å². The van der Waals surface area contributed by atoms with Crippen molar-refractivity contribution >= 4 is 29.2 Å². The van der Waals surface area contributed by atoms with Gasteiger partial charge in [-0.2, -0.15) is 0 Å². The number of benzene rings is 2. The number of aryl methyl sites for hydroxylation is 1. The van der Waals surface area contributed by atoms with Crippen molar-refractivity contribution in [2.75, 3.05) is 23.7 Å². The maximum atomic E-state index is 13.5. The van der Waals surface area contributed by atoms with Crippen molar-refractivity contribution in [3.8, 4) is 0 Å². The number of nitrogens with one attached hydrogen (secondary N) is 4. The van der Waals surface area contributed by atoms with Gasteiger partial charge in [-0.15, -0.1) is 0 Å². The van der Waals surface area contributed by atoms with Gasteiger partial charge >= 0.3 is 6.03 Å². The van der Waals surface area contributed by atoms with Gasteiger partial charge in [-0.05, 0) is 48.9 Å². The Labute approximate surface area is 156 Å². The SMILES string of the molecule is CC(=O)NCCNC(=O)c1ccc(NC(=O)Nc2ccc(C)c(F)c2)cc1. The predicted octanol–water partition coefficient (Wildman–Crippen LogP) is 2.64. The summed E-state index contributed by atoms with van der Waals surface area (Å²) in [6, 6.07) is 10.2. The number of urea groups is 1. The van der Waals surface area contributed by atoms with Crippen LogP contribution in [0.1, 0.15) is 22.8 Å². The minimum atomic E-state index is -0.522. The molecule has 0 aliphatic rings. The summed E-state index contributed by atoms with van der Waals surface area (Å²) in [5.41, 5.74) is 1.73. The van der Waals surface area contributed by atoms with E-state index in [0.717, 1.165) is 0 Å².